The third-order valence-corrected chi connectivity index (χ3v) is 5.24. The van der Waals surface area contributed by atoms with Crippen molar-refractivity contribution in [3.8, 4) is 0 Å². The lowest BCUT2D eigenvalue weighted by Gasteiger charge is -2.42. The van der Waals surface area contributed by atoms with Crippen LogP contribution in [0.25, 0.3) is 0 Å². The molecule has 5 heteroatoms. The summed E-state index contributed by atoms with van der Waals surface area (Å²) in [5.41, 5.74) is 1.96. The fourth-order valence-corrected chi connectivity index (χ4v) is 4.19. The van der Waals surface area contributed by atoms with Gasteiger partial charge >= 0.3 is 11.9 Å². The third kappa shape index (κ3) is 2.34. The molecule has 0 heterocycles. The monoisotopic (exact) mass is 304 g/mol. The van der Waals surface area contributed by atoms with E-state index in [0.717, 1.165) is 30.6 Å². The van der Waals surface area contributed by atoms with Gasteiger partial charge in [-0.2, -0.15) is 0 Å². The Labute approximate surface area is 129 Å². The molecule has 118 valence electrons. The van der Waals surface area contributed by atoms with E-state index in [0.29, 0.717) is 6.42 Å². The van der Waals surface area contributed by atoms with Gasteiger partial charge in [-0.3, -0.25) is 9.59 Å². The van der Waals surface area contributed by atoms with Crippen molar-refractivity contribution < 1.29 is 24.5 Å². The fraction of sp³-hybridized carbons (Fsp3) is 0.529. The van der Waals surface area contributed by atoms with Crippen LogP contribution in [-0.2, 0) is 14.3 Å². The van der Waals surface area contributed by atoms with E-state index in [9.17, 15) is 19.8 Å². The molecule has 0 bridgehead atoms. The lowest BCUT2D eigenvalue weighted by molar-refractivity contribution is -0.154. The minimum absolute atomic E-state index is 0.145. The van der Waals surface area contributed by atoms with E-state index in [4.69, 9.17) is 4.74 Å². The molecule has 4 atom stereocenters. The molecule has 0 aromatic heterocycles. The average molecular weight is 304 g/mol. The van der Waals surface area contributed by atoms with Crippen LogP contribution in [0.2, 0.25) is 0 Å². The van der Waals surface area contributed by atoms with Gasteiger partial charge in [0.15, 0.2) is 0 Å². The van der Waals surface area contributed by atoms with Crippen LogP contribution >= 0.6 is 0 Å². The summed E-state index contributed by atoms with van der Waals surface area (Å²) in [5.74, 6) is -2.36. The predicted octanol–water partition coefficient (Wildman–Crippen LogP) is 2.60. The Morgan fingerprint density at radius 2 is 1.86 bits per heavy atom. The molecule has 3 aliphatic carbocycles. The zero-order valence-electron chi connectivity index (χ0n) is 12.5. The molecule has 0 aromatic carbocycles. The predicted molar refractivity (Wildman–Crippen MR) is 79.0 cm³/mol. The van der Waals surface area contributed by atoms with E-state index < -0.39 is 23.8 Å². The van der Waals surface area contributed by atoms with Crippen molar-refractivity contribution in [2.75, 3.05) is 7.11 Å². The van der Waals surface area contributed by atoms with Crippen molar-refractivity contribution in [3.05, 3.63) is 35.1 Å². The van der Waals surface area contributed by atoms with Crippen molar-refractivity contribution in [3.63, 3.8) is 0 Å². The van der Waals surface area contributed by atoms with Crippen LogP contribution in [0.1, 0.15) is 25.7 Å². The Bertz CT molecular complexity index is 598. The van der Waals surface area contributed by atoms with E-state index in [1.54, 1.807) is 7.11 Å². The van der Waals surface area contributed by atoms with E-state index in [1.807, 2.05) is 18.2 Å². The topological polar surface area (TPSA) is 83.8 Å². The molecule has 22 heavy (non-hydrogen) atoms. The zero-order chi connectivity index (χ0) is 15.9. The standard InChI is InChI=1S/C17H20O5/c1-22-10-3-5-11-9(8-10)2-4-13-12(11)6-7-14(16(18)19)15(13)17(20)21/h2,4,8,11-12,14-15H,3,5-7H2,1H3,(H,18,19)(H,20,21). The van der Waals surface area contributed by atoms with Gasteiger partial charge in [-0.05, 0) is 42.7 Å². The van der Waals surface area contributed by atoms with Gasteiger partial charge in [0.05, 0.1) is 24.7 Å². The summed E-state index contributed by atoms with van der Waals surface area (Å²) in [7, 11) is 1.66. The van der Waals surface area contributed by atoms with E-state index in [-0.39, 0.29) is 11.8 Å². The number of hydrogen-bond donors (Lipinski definition) is 2. The Morgan fingerprint density at radius 3 is 2.50 bits per heavy atom. The van der Waals surface area contributed by atoms with Crippen molar-refractivity contribution >= 4 is 11.9 Å². The first-order chi connectivity index (χ1) is 10.5. The number of aliphatic carboxylic acids is 2. The number of fused-ring (bicyclic) bond motifs is 3. The second-order valence-corrected chi connectivity index (χ2v) is 6.24. The first-order valence-electron chi connectivity index (χ1n) is 7.64. The highest BCUT2D eigenvalue weighted by Crippen LogP contribution is 2.49. The van der Waals surface area contributed by atoms with Gasteiger partial charge < -0.3 is 14.9 Å². The van der Waals surface area contributed by atoms with Gasteiger partial charge in [0.2, 0.25) is 0 Å². The zero-order valence-corrected chi connectivity index (χ0v) is 12.5. The third-order valence-electron chi connectivity index (χ3n) is 5.24. The molecule has 0 aliphatic heterocycles. The number of ether oxygens (including phenoxy) is 1. The Kier molecular flexibility index (Phi) is 3.81. The quantitative estimate of drug-likeness (QED) is 0.837. The molecule has 0 spiro atoms. The number of carbonyl (C=O) groups is 2. The molecular formula is C17H20O5. The SMILES string of the molecule is COC1=CC2=CC=C3C(CCC(C(=O)O)C3C(=O)O)C2CC1. The van der Waals surface area contributed by atoms with Crippen LogP contribution in [0.5, 0.6) is 0 Å². The fourth-order valence-electron chi connectivity index (χ4n) is 4.19. The maximum Gasteiger partial charge on any atom is 0.311 e. The molecule has 0 radical (unpaired) electrons. The summed E-state index contributed by atoms with van der Waals surface area (Å²) in [6.07, 6.45) is 8.76. The van der Waals surface area contributed by atoms with Crippen LogP contribution in [0.4, 0.5) is 0 Å². The lowest BCUT2D eigenvalue weighted by atomic mass is 9.61. The highest BCUT2D eigenvalue weighted by molar-refractivity contribution is 5.83. The first kappa shape index (κ1) is 14.9. The summed E-state index contributed by atoms with van der Waals surface area (Å²) in [5, 5.41) is 18.8. The molecule has 0 saturated heterocycles. The Morgan fingerprint density at radius 1 is 1.09 bits per heavy atom. The van der Waals surface area contributed by atoms with E-state index in [2.05, 4.69) is 0 Å². The Hall–Kier alpha value is -2.04. The van der Waals surface area contributed by atoms with Gasteiger partial charge in [-0.1, -0.05) is 17.7 Å². The average Bonchev–Trinajstić information content (AvgIpc) is 2.52. The van der Waals surface area contributed by atoms with Crippen LogP contribution in [0.15, 0.2) is 35.1 Å². The van der Waals surface area contributed by atoms with Crippen molar-refractivity contribution in [2.24, 2.45) is 23.7 Å². The summed E-state index contributed by atoms with van der Waals surface area (Å²) < 4.78 is 5.31. The number of allylic oxidation sites excluding steroid dienone is 5. The second-order valence-electron chi connectivity index (χ2n) is 6.24. The van der Waals surface area contributed by atoms with Crippen LogP contribution < -0.4 is 0 Å². The van der Waals surface area contributed by atoms with Gasteiger partial charge in [0, 0.05) is 6.42 Å². The number of carboxylic acids is 2. The maximum atomic E-state index is 11.6. The first-order valence-corrected chi connectivity index (χ1v) is 7.64. The molecular weight excluding hydrogens is 284 g/mol. The summed E-state index contributed by atoms with van der Waals surface area (Å²) in [4.78, 5) is 23.0. The molecule has 0 amide bonds. The van der Waals surface area contributed by atoms with Gasteiger partial charge in [-0.15, -0.1) is 0 Å². The van der Waals surface area contributed by atoms with Crippen LogP contribution in [-0.4, -0.2) is 29.3 Å². The lowest BCUT2D eigenvalue weighted by Crippen LogP contribution is -2.41. The largest absolute Gasteiger partial charge is 0.501 e. The molecule has 1 saturated carbocycles. The maximum absolute atomic E-state index is 11.6. The normalized spacial score (nSPS) is 33.6. The number of methoxy groups -OCH3 is 1. The van der Waals surface area contributed by atoms with Crippen molar-refractivity contribution in [2.45, 2.75) is 25.7 Å². The number of hydrogen-bond acceptors (Lipinski definition) is 3. The van der Waals surface area contributed by atoms with Gasteiger partial charge in [0.25, 0.3) is 0 Å². The molecule has 0 aromatic rings. The van der Waals surface area contributed by atoms with Crippen molar-refractivity contribution in [1.82, 2.24) is 0 Å². The van der Waals surface area contributed by atoms with Crippen LogP contribution in [0, 0.1) is 23.7 Å². The van der Waals surface area contributed by atoms with Gasteiger partial charge in [-0.25, -0.2) is 0 Å². The highest BCUT2D eigenvalue weighted by Gasteiger charge is 2.46. The summed E-state index contributed by atoms with van der Waals surface area (Å²) in [6.45, 7) is 0. The summed E-state index contributed by atoms with van der Waals surface area (Å²) >= 11 is 0. The molecule has 3 aliphatic rings. The highest BCUT2D eigenvalue weighted by atomic mass is 16.5. The Balaban J connectivity index is 1.98. The minimum Gasteiger partial charge on any atom is -0.501 e. The molecule has 3 rings (SSSR count). The smallest absolute Gasteiger partial charge is 0.311 e. The van der Waals surface area contributed by atoms with E-state index in [1.165, 1.54) is 5.57 Å². The van der Waals surface area contributed by atoms with Gasteiger partial charge in [0.1, 0.15) is 0 Å². The molecule has 1 fully saturated rings. The number of rotatable bonds is 3. The minimum atomic E-state index is -1.02. The molecule has 2 N–H and O–H groups in total. The second kappa shape index (κ2) is 5.63. The van der Waals surface area contributed by atoms with Crippen molar-refractivity contribution in [1.29, 1.82) is 0 Å². The van der Waals surface area contributed by atoms with E-state index >= 15 is 0 Å². The number of carboxylic acid groups (broad SMARTS) is 2. The van der Waals surface area contributed by atoms with Crippen LogP contribution in [0.3, 0.4) is 0 Å². The molecule has 5 nitrogen and oxygen atoms in total. The summed E-state index contributed by atoms with van der Waals surface area (Å²) in [6, 6.07) is 0. The molecule has 4 unspecified atom stereocenters.